The van der Waals surface area contributed by atoms with Crippen molar-refractivity contribution in [3.8, 4) is 0 Å². The van der Waals surface area contributed by atoms with Gasteiger partial charge in [0.25, 0.3) is 0 Å². The molecule has 1 aromatic rings. The van der Waals surface area contributed by atoms with Gasteiger partial charge in [0.15, 0.2) is 8.32 Å². The molecule has 102 valence electrons. The summed E-state index contributed by atoms with van der Waals surface area (Å²) in [5, 5.41) is 0. The Bertz CT molecular complexity index is 336. The number of nitrogens with zero attached hydrogens (tertiary/aromatic N) is 1. The molecule has 18 heavy (non-hydrogen) atoms. The first-order chi connectivity index (χ1) is 8.56. The van der Waals surface area contributed by atoms with Crippen LogP contribution in [0.3, 0.4) is 0 Å². The molecule has 0 spiro atoms. The standard InChI is InChI=1S/C15H27NOSi/c1-6-18(7-2,8-3)17-13-14-9-11-15(12-10-14)16(4)5/h9-12H,6-8,13H2,1-5H3. The minimum absolute atomic E-state index is 0.773. The van der Waals surface area contributed by atoms with Crippen LogP contribution in [0.2, 0.25) is 18.1 Å². The van der Waals surface area contributed by atoms with E-state index < -0.39 is 8.32 Å². The van der Waals surface area contributed by atoms with Crippen molar-refractivity contribution >= 4 is 14.0 Å². The Morgan fingerprint density at radius 3 is 1.83 bits per heavy atom. The summed E-state index contributed by atoms with van der Waals surface area (Å²) in [6.45, 7) is 7.59. The molecule has 0 aliphatic carbocycles. The van der Waals surface area contributed by atoms with Gasteiger partial charge in [0.05, 0.1) is 6.61 Å². The topological polar surface area (TPSA) is 12.5 Å². The largest absolute Gasteiger partial charge is 0.413 e. The third kappa shape index (κ3) is 3.85. The van der Waals surface area contributed by atoms with Gasteiger partial charge in [0.1, 0.15) is 0 Å². The van der Waals surface area contributed by atoms with Crippen LogP contribution in [0.25, 0.3) is 0 Å². The van der Waals surface area contributed by atoms with Crippen LogP contribution in [-0.4, -0.2) is 22.4 Å². The van der Waals surface area contributed by atoms with Crippen molar-refractivity contribution in [2.45, 2.75) is 45.5 Å². The first kappa shape index (κ1) is 15.3. The van der Waals surface area contributed by atoms with E-state index in [0.717, 1.165) is 6.61 Å². The molecule has 1 rings (SSSR count). The number of anilines is 1. The summed E-state index contributed by atoms with van der Waals surface area (Å²) in [7, 11) is 2.68. The second-order valence-electron chi connectivity index (χ2n) is 5.09. The van der Waals surface area contributed by atoms with Gasteiger partial charge in [-0.15, -0.1) is 0 Å². The first-order valence-corrected chi connectivity index (χ1v) is 9.50. The van der Waals surface area contributed by atoms with Crippen molar-refractivity contribution in [3.05, 3.63) is 29.8 Å². The van der Waals surface area contributed by atoms with Gasteiger partial charge in [-0.2, -0.15) is 0 Å². The molecule has 1 aromatic carbocycles. The molecule has 0 unspecified atom stereocenters. The maximum absolute atomic E-state index is 6.29. The molecule has 0 aliphatic heterocycles. The van der Waals surface area contributed by atoms with E-state index in [1.54, 1.807) is 0 Å². The Balaban J connectivity index is 2.62. The molecular formula is C15H27NOSi. The van der Waals surface area contributed by atoms with Crippen molar-refractivity contribution in [1.82, 2.24) is 0 Å². The molecule has 0 aromatic heterocycles. The first-order valence-electron chi connectivity index (χ1n) is 6.97. The normalized spacial score (nSPS) is 11.6. The highest BCUT2D eigenvalue weighted by molar-refractivity contribution is 6.73. The van der Waals surface area contributed by atoms with Crippen LogP contribution in [-0.2, 0) is 11.0 Å². The summed E-state index contributed by atoms with van der Waals surface area (Å²) in [6, 6.07) is 12.3. The summed E-state index contributed by atoms with van der Waals surface area (Å²) in [4.78, 5) is 2.12. The van der Waals surface area contributed by atoms with E-state index in [9.17, 15) is 0 Å². The zero-order valence-electron chi connectivity index (χ0n) is 12.5. The predicted molar refractivity (Wildman–Crippen MR) is 82.8 cm³/mol. The molecule has 0 radical (unpaired) electrons. The van der Waals surface area contributed by atoms with Gasteiger partial charge in [0.2, 0.25) is 0 Å². The lowest BCUT2D eigenvalue weighted by molar-refractivity contribution is 0.287. The van der Waals surface area contributed by atoms with Crippen LogP contribution < -0.4 is 4.90 Å². The molecule has 0 N–H and O–H groups in total. The minimum atomic E-state index is -1.45. The Labute approximate surface area is 113 Å². The van der Waals surface area contributed by atoms with E-state index in [4.69, 9.17) is 4.43 Å². The Hall–Kier alpha value is -0.803. The molecule has 0 amide bonds. The van der Waals surface area contributed by atoms with Crippen molar-refractivity contribution in [3.63, 3.8) is 0 Å². The van der Waals surface area contributed by atoms with Gasteiger partial charge >= 0.3 is 0 Å². The molecule has 0 atom stereocenters. The van der Waals surface area contributed by atoms with Gasteiger partial charge in [-0.1, -0.05) is 32.9 Å². The summed E-state index contributed by atoms with van der Waals surface area (Å²) in [6.07, 6.45) is 0. The summed E-state index contributed by atoms with van der Waals surface area (Å²) < 4.78 is 6.29. The van der Waals surface area contributed by atoms with Crippen molar-refractivity contribution < 1.29 is 4.43 Å². The number of hydrogen-bond acceptors (Lipinski definition) is 2. The van der Waals surface area contributed by atoms with E-state index in [1.807, 2.05) is 0 Å². The van der Waals surface area contributed by atoms with Gasteiger partial charge in [-0.25, -0.2) is 0 Å². The van der Waals surface area contributed by atoms with E-state index in [2.05, 4.69) is 64.0 Å². The maximum Gasteiger partial charge on any atom is 0.192 e. The molecule has 0 bridgehead atoms. The molecule has 3 heteroatoms. The highest BCUT2D eigenvalue weighted by atomic mass is 28.4. The summed E-state index contributed by atoms with van der Waals surface area (Å²) in [5.74, 6) is 0. The molecule has 0 aliphatic rings. The van der Waals surface area contributed by atoms with Crippen molar-refractivity contribution in [1.29, 1.82) is 0 Å². The van der Waals surface area contributed by atoms with Gasteiger partial charge in [0, 0.05) is 19.8 Å². The van der Waals surface area contributed by atoms with Crippen LogP contribution >= 0.6 is 0 Å². The lowest BCUT2D eigenvalue weighted by Crippen LogP contribution is -2.35. The van der Waals surface area contributed by atoms with Crippen molar-refractivity contribution in [2.24, 2.45) is 0 Å². The molecule has 0 saturated heterocycles. The Kier molecular flexibility index (Phi) is 5.89. The van der Waals surface area contributed by atoms with Gasteiger partial charge in [-0.05, 0) is 35.8 Å². The third-order valence-corrected chi connectivity index (χ3v) is 8.55. The average molecular weight is 265 g/mol. The van der Waals surface area contributed by atoms with E-state index in [0.29, 0.717) is 0 Å². The number of hydrogen-bond donors (Lipinski definition) is 0. The van der Waals surface area contributed by atoms with E-state index in [-0.39, 0.29) is 0 Å². The van der Waals surface area contributed by atoms with Crippen LogP contribution in [0.4, 0.5) is 5.69 Å². The molecule has 2 nitrogen and oxygen atoms in total. The fourth-order valence-electron chi connectivity index (χ4n) is 2.18. The fraction of sp³-hybridized carbons (Fsp3) is 0.600. The lowest BCUT2D eigenvalue weighted by atomic mass is 10.2. The SMILES string of the molecule is CC[Si](CC)(CC)OCc1ccc(N(C)C)cc1. The maximum atomic E-state index is 6.29. The van der Waals surface area contributed by atoms with Crippen LogP contribution in [0.15, 0.2) is 24.3 Å². The minimum Gasteiger partial charge on any atom is -0.413 e. The van der Waals surface area contributed by atoms with Crippen molar-refractivity contribution in [2.75, 3.05) is 19.0 Å². The zero-order chi connectivity index (χ0) is 13.6. The second-order valence-corrected chi connectivity index (χ2v) is 9.87. The zero-order valence-corrected chi connectivity index (χ0v) is 13.5. The molecule has 0 fully saturated rings. The van der Waals surface area contributed by atoms with Crippen LogP contribution in [0.1, 0.15) is 26.3 Å². The lowest BCUT2D eigenvalue weighted by Gasteiger charge is -2.28. The fourth-order valence-corrected chi connectivity index (χ4v) is 4.77. The molecule has 0 saturated carbocycles. The smallest absolute Gasteiger partial charge is 0.192 e. The number of rotatable bonds is 7. The third-order valence-electron chi connectivity index (χ3n) is 3.93. The van der Waals surface area contributed by atoms with Crippen LogP contribution in [0.5, 0.6) is 0 Å². The monoisotopic (exact) mass is 265 g/mol. The highest BCUT2D eigenvalue weighted by Crippen LogP contribution is 2.23. The molecular weight excluding hydrogens is 238 g/mol. The average Bonchev–Trinajstić information content (AvgIpc) is 2.41. The van der Waals surface area contributed by atoms with Gasteiger partial charge < -0.3 is 9.33 Å². The second kappa shape index (κ2) is 6.95. The van der Waals surface area contributed by atoms with E-state index in [1.165, 1.54) is 29.4 Å². The summed E-state index contributed by atoms with van der Waals surface area (Å²) >= 11 is 0. The van der Waals surface area contributed by atoms with Gasteiger partial charge in [-0.3, -0.25) is 0 Å². The van der Waals surface area contributed by atoms with Crippen LogP contribution in [0, 0.1) is 0 Å². The Morgan fingerprint density at radius 1 is 0.944 bits per heavy atom. The quantitative estimate of drug-likeness (QED) is 0.683. The van der Waals surface area contributed by atoms with E-state index >= 15 is 0 Å². The highest BCUT2D eigenvalue weighted by Gasteiger charge is 2.28. The number of benzene rings is 1. The predicted octanol–water partition coefficient (Wildman–Crippen LogP) is 4.27. The molecule has 0 heterocycles. The Morgan fingerprint density at radius 2 is 1.44 bits per heavy atom. The summed E-state index contributed by atoms with van der Waals surface area (Å²) in [5.41, 5.74) is 2.52.